The van der Waals surface area contributed by atoms with Crippen LogP contribution in [0.1, 0.15) is 21.5 Å². The lowest BCUT2D eigenvalue weighted by molar-refractivity contribution is -0.136. The highest BCUT2D eigenvalue weighted by Crippen LogP contribution is 2.29. The lowest BCUT2D eigenvalue weighted by Crippen LogP contribution is -2.09. The molecule has 0 bridgehead atoms. The fourth-order valence-corrected chi connectivity index (χ4v) is 2.83. The van der Waals surface area contributed by atoms with Gasteiger partial charge in [-0.25, -0.2) is 4.79 Å². The molecule has 116 valence electrons. The van der Waals surface area contributed by atoms with Crippen molar-refractivity contribution in [2.45, 2.75) is 16.2 Å². The third kappa shape index (κ3) is 4.34. The van der Waals surface area contributed by atoms with Crippen LogP contribution in [0.15, 0.2) is 52.3 Å². The summed E-state index contributed by atoms with van der Waals surface area (Å²) >= 11 is 1.41. The highest BCUT2D eigenvalue weighted by molar-refractivity contribution is 7.99. The second-order valence-corrected chi connectivity index (χ2v) is 5.77. The summed E-state index contributed by atoms with van der Waals surface area (Å²) in [4.78, 5) is 24.4. The van der Waals surface area contributed by atoms with Crippen molar-refractivity contribution in [3.8, 4) is 6.07 Å². The fourth-order valence-electron chi connectivity index (χ4n) is 1.97. The van der Waals surface area contributed by atoms with Gasteiger partial charge in [-0.1, -0.05) is 17.8 Å². The SMILES string of the molecule is COC(=O)c1cc(Sc2ccc(C#N)cc2)ccc1CC(=O)O. The summed E-state index contributed by atoms with van der Waals surface area (Å²) in [6.45, 7) is 0. The Labute approximate surface area is 137 Å². The smallest absolute Gasteiger partial charge is 0.338 e. The van der Waals surface area contributed by atoms with E-state index in [0.29, 0.717) is 11.1 Å². The fraction of sp³-hybridized carbons (Fsp3) is 0.118. The number of hydrogen-bond acceptors (Lipinski definition) is 5. The summed E-state index contributed by atoms with van der Waals surface area (Å²) in [5.41, 5.74) is 1.23. The maximum atomic E-state index is 11.8. The number of aliphatic carboxylic acids is 1. The van der Waals surface area contributed by atoms with E-state index >= 15 is 0 Å². The Kier molecular flexibility index (Phi) is 5.39. The molecule has 0 aliphatic heterocycles. The van der Waals surface area contributed by atoms with E-state index in [4.69, 9.17) is 15.1 Å². The predicted octanol–water partition coefficient (Wildman–Crippen LogP) is 3.12. The van der Waals surface area contributed by atoms with Gasteiger partial charge in [0.2, 0.25) is 0 Å². The molecule has 0 radical (unpaired) electrons. The number of carbonyl (C=O) groups excluding carboxylic acids is 1. The van der Waals surface area contributed by atoms with Gasteiger partial charge in [-0.3, -0.25) is 4.79 Å². The van der Waals surface area contributed by atoms with E-state index in [-0.39, 0.29) is 12.0 Å². The molecule has 0 saturated carbocycles. The number of ether oxygens (including phenoxy) is 1. The highest BCUT2D eigenvalue weighted by Gasteiger charge is 2.15. The predicted molar refractivity (Wildman–Crippen MR) is 84.4 cm³/mol. The third-order valence-corrected chi connectivity index (χ3v) is 4.04. The number of esters is 1. The molecule has 0 saturated heterocycles. The summed E-state index contributed by atoms with van der Waals surface area (Å²) < 4.78 is 4.72. The summed E-state index contributed by atoms with van der Waals surface area (Å²) in [6, 6.07) is 14.1. The van der Waals surface area contributed by atoms with Gasteiger partial charge in [0.1, 0.15) is 0 Å². The van der Waals surface area contributed by atoms with Crippen molar-refractivity contribution in [1.82, 2.24) is 0 Å². The van der Waals surface area contributed by atoms with Gasteiger partial charge in [-0.15, -0.1) is 0 Å². The van der Waals surface area contributed by atoms with Crippen LogP contribution in [-0.2, 0) is 16.0 Å². The van der Waals surface area contributed by atoms with Crippen LogP contribution in [0.25, 0.3) is 0 Å². The Balaban J connectivity index is 2.30. The standard InChI is InChI=1S/C17H13NO4S/c1-22-17(21)15-9-14(7-4-12(15)8-16(19)20)23-13-5-2-11(10-18)3-6-13/h2-7,9H,8H2,1H3,(H,19,20). The summed E-state index contributed by atoms with van der Waals surface area (Å²) in [5.74, 6) is -1.58. The normalized spacial score (nSPS) is 9.91. The Morgan fingerprint density at radius 2 is 1.83 bits per heavy atom. The molecule has 0 amide bonds. The van der Waals surface area contributed by atoms with Gasteiger partial charge >= 0.3 is 11.9 Å². The summed E-state index contributed by atoms with van der Waals surface area (Å²) in [7, 11) is 1.26. The lowest BCUT2D eigenvalue weighted by Gasteiger charge is -2.09. The van der Waals surface area contributed by atoms with Crippen LogP contribution in [0.4, 0.5) is 0 Å². The first-order valence-corrected chi connectivity index (χ1v) is 7.46. The minimum absolute atomic E-state index is 0.244. The molecule has 2 aromatic rings. The zero-order valence-electron chi connectivity index (χ0n) is 12.3. The van der Waals surface area contributed by atoms with Crippen LogP contribution in [0.2, 0.25) is 0 Å². The van der Waals surface area contributed by atoms with Crippen molar-refractivity contribution in [3.05, 3.63) is 59.2 Å². The average molecular weight is 327 g/mol. The van der Waals surface area contributed by atoms with Crippen molar-refractivity contribution in [1.29, 1.82) is 5.26 Å². The topological polar surface area (TPSA) is 87.4 Å². The number of methoxy groups -OCH3 is 1. The molecular weight excluding hydrogens is 314 g/mol. The molecule has 2 aromatic carbocycles. The zero-order valence-corrected chi connectivity index (χ0v) is 13.1. The molecule has 0 spiro atoms. The van der Waals surface area contributed by atoms with Gasteiger partial charge in [-0.2, -0.15) is 5.26 Å². The average Bonchev–Trinajstić information content (AvgIpc) is 2.55. The minimum Gasteiger partial charge on any atom is -0.481 e. The number of nitrogens with zero attached hydrogens (tertiary/aromatic N) is 1. The number of nitriles is 1. The molecule has 0 aliphatic rings. The maximum absolute atomic E-state index is 11.8. The molecular formula is C17H13NO4S. The van der Waals surface area contributed by atoms with Crippen molar-refractivity contribution in [3.63, 3.8) is 0 Å². The molecule has 1 N–H and O–H groups in total. The first-order valence-electron chi connectivity index (χ1n) is 6.64. The van der Waals surface area contributed by atoms with Gasteiger partial charge in [0, 0.05) is 9.79 Å². The number of carbonyl (C=O) groups is 2. The quantitative estimate of drug-likeness (QED) is 0.849. The molecule has 2 rings (SSSR count). The first-order chi connectivity index (χ1) is 11.0. The van der Waals surface area contributed by atoms with Gasteiger partial charge < -0.3 is 9.84 Å². The molecule has 0 heterocycles. The van der Waals surface area contributed by atoms with Crippen molar-refractivity contribution < 1.29 is 19.4 Å². The first kappa shape index (κ1) is 16.6. The van der Waals surface area contributed by atoms with Crippen molar-refractivity contribution in [2.24, 2.45) is 0 Å². The van der Waals surface area contributed by atoms with E-state index in [9.17, 15) is 9.59 Å². The second-order valence-electron chi connectivity index (χ2n) is 4.62. The number of hydrogen-bond donors (Lipinski definition) is 1. The van der Waals surface area contributed by atoms with Crippen molar-refractivity contribution in [2.75, 3.05) is 7.11 Å². The molecule has 0 aromatic heterocycles. The largest absolute Gasteiger partial charge is 0.481 e. The Hall–Kier alpha value is -2.78. The molecule has 0 fully saturated rings. The summed E-state index contributed by atoms with van der Waals surface area (Å²) in [6.07, 6.45) is -0.244. The van der Waals surface area contributed by atoms with E-state index < -0.39 is 11.9 Å². The Morgan fingerprint density at radius 3 is 2.39 bits per heavy atom. The maximum Gasteiger partial charge on any atom is 0.338 e. The number of benzene rings is 2. The lowest BCUT2D eigenvalue weighted by atomic mass is 10.0. The second kappa shape index (κ2) is 7.47. The highest BCUT2D eigenvalue weighted by atomic mass is 32.2. The van der Waals surface area contributed by atoms with Crippen LogP contribution < -0.4 is 0 Å². The number of rotatable bonds is 5. The molecule has 0 unspecified atom stereocenters. The molecule has 23 heavy (non-hydrogen) atoms. The van der Waals surface area contributed by atoms with Crippen LogP contribution >= 0.6 is 11.8 Å². The van der Waals surface area contributed by atoms with Crippen LogP contribution in [0, 0.1) is 11.3 Å². The van der Waals surface area contributed by atoms with Gasteiger partial charge in [0.15, 0.2) is 0 Å². The Morgan fingerprint density at radius 1 is 1.17 bits per heavy atom. The summed E-state index contributed by atoms with van der Waals surface area (Å²) in [5, 5.41) is 17.7. The van der Waals surface area contributed by atoms with E-state index in [1.54, 1.807) is 30.3 Å². The van der Waals surface area contributed by atoms with Gasteiger partial charge in [0.05, 0.1) is 30.7 Å². The van der Waals surface area contributed by atoms with Gasteiger partial charge in [-0.05, 0) is 42.0 Å². The minimum atomic E-state index is -1.01. The molecule has 5 nitrogen and oxygen atoms in total. The van der Waals surface area contributed by atoms with E-state index in [2.05, 4.69) is 0 Å². The van der Waals surface area contributed by atoms with E-state index in [1.807, 2.05) is 18.2 Å². The number of carboxylic acids is 1. The van der Waals surface area contributed by atoms with E-state index in [0.717, 1.165) is 9.79 Å². The van der Waals surface area contributed by atoms with Crippen LogP contribution in [-0.4, -0.2) is 24.2 Å². The number of carboxylic acid groups (broad SMARTS) is 1. The Bertz CT molecular complexity index is 778. The molecule has 6 heteroatoms. The molecule has 0 aliphatic carbocycles. The van der Waals surface area contributed by atoms with E-state index in [1.165, 1.54) is 18.9 Å². The zero-order chi connectivity index (χ0) is 16.8. The third-order valence-electron chi connectivity index (χ3n) is 3.05. The monoisotopic (exact) mass is 327 g/mol. The van der Waals surface area contributed by atoms with Crippen LogP contribution in [0.3, 0.4) is 0 Å². The van der Waals surface area contributed by atoms with Crippen molar-refractivity contribution >= 4 is 23.7 Å². The van der Waals surface area contributed by atoms with Gasteiger partial charge in [0.25, 0.3) is 0 Å². The van der Waals surface area contributed by atoms with Crippen LogP contribution in [0.5, 0.6) is 0 Å². The molecule has 0 atom stereocenters.